The first-order valence-corrected chi connectivity index (χ1v) is 8.34. The number of benzene rings is 1. The smallest absolute Gasteiger partial charge is 0.0474 e. The monoisotopic (exact) mass is 289 g/mol. The minimum Gasteiger partial charge on any atom is -0.329 e. The van der Waals surface area contributed by atoms with Crippen LogP contribution in [0.15, 0.2) is 24.3 Å². The maximum atomic E-state index is 6.11. The number of hydrogen-bond acceptors (Lipinski definition) is 3. The Morgan fingerprint density at radius 2 is 1.76 bits per heavy atom. The molecule has 1 aliphatic heterocycles. The lowest BCUT2D eigenvalue weighted by molar-refractivity contribution is 0.0536. The molecular formula is C18H31N3. The second-order valence-electron chi connectivity index (χ2n) is 6.55. The Kier molecular flexibility index (Phi) is 5.80. The highest BCUT2D eigenvalue weighted by Gasteiger charge is 2.28. The van der Waals surface area contributed by atoms with Gasteiger partial charge in [0, 0.05) is 38.3 Å². The van der Waals surface area contributed by atoms with Gasteiger partial charge >= 0.3 is 0 Å². The summed E-state index contributed by atoms with van der Waals surface area (Å²) in [5.74, 6) is 0.586. The summed E-state index contributed by atoms with van der Waals surface area (Å²) in [7, 11) is 0. The molecule has 1 aliphatic rings. The van der Waals surface area contributed by atoms with Gasteiger partial charge in [-0.1, -0.05) is 45.0 Å². The highest BCUT2D eigenvalue weighted by molar-refractivity contribution is 5.27. The van der Waals surface area contributed by atoms with Crippen LogP contribution in [-0.4, -0.2) is 48.6 Å². The fourth-order valence-electron chi connectivity index (χ4n) is 3.36. The van der Waals surface area contributed by atoms with Gasteiger partial charge in [-0.05, 0) is 30.5 Å². The van der Waals surface area contributed by atoms with Gasteiger partial charge in [0.2, 0.25) is 0 Å². The van der Waals surface area contributed by atoms with Crippen LogP contribution in [-0.2, 0) is 0 Å². The molecule has 2 atom stereocenters. The molecule has 0 bridgehead atoms. The molecular weight excluding hydrogens is 258 g/mol. The Hall–Kier alpha value is -0.900. The molecule has 1 heterocycles. The van der Waals surface area contributed by atoms with Gasteiger partial charge in [0.25, 0.3) is 0 Å². The minimum atomic E-state index is 0.347. The Labute approximate surface area is 130 Å². The van der Waals surface area contributed by atoms with E-state index < -0.39 is 0 Å². The van der Waals surface area contributed by atoms with Gasteiger partial charge in [-0.2, -0.15) is 0 Å². The van der Waals surface area contributed by atoms with Crippen molar-refractivity contribution in [1.29, 1.82) is 0 Å². The normalized spacial score (nSPS) is 22.7. The van der Waals surface area contributed by atoms with Crippen LogP contribution in [0.25, 0.3) is 0 Å². The largest absolute Gasteiger partial charge is 0.329 e. The zero-order chi connectivity index (χ0) is 15.4. The van der Waals surface area contributed by atoms with Crippen LogP contribution in [0.1, 0.15) is 50.8 Å². The summed E-state index contributed by atoms with van der Waals surface area (Å²) in [6, 6.07) is 9.97. The van der Waals surface area contributed by atoms with Crippen LogP contribution in [0.5, 0.6) is 0 Å². The van der Waals surface area contributed by atoms with E-state index in [0.29, 0.717) is 24.5 Å². The number of likely N-dealkylation sites (N-methyl/N-ethyl adjacent to an activating group) is 1. The highest BCUT2D eigenvalue weighted by Crippen LogP contribution is 2.26. The molecule has 2 unspecified atom stereocenters. The van der Waals surface area contributed by atoms with Gasteiger partial charge in [0.05, 0.1) is 0 Å². The molecule has 0 radical (unpaired) electrons. The summed E-state index contributed by atoms with van der Waals surface area (Å²) < 4.78 is 0. The van der Waals surface area contributed by atoms with Gasteiger partial charge in [-0.15, -0.1) is 0 Å². The molecule has 3 heteroatoms. The quantitative estimate of drug-likeness (QED) is 0.904. The van der Waals surface area contributed by atoms with Gasteiger partial charge in [-0.25, -0.2) is 0 Å². The summed E-state index contributed by atoms with van der Waals surface area (Å²) >= 11 is 0. The predicted octanol–water partition coefficient (Wildman–Crippen LogP) is 2.84. The van der Waals surface area contributed by atoms with Crippen molar-refractivity contribution >= 4 is 0 Å². The summed E-state index contributed by atoms with van der Waals surface area (Å²) in [6.45, 7) is 14.3. The fourth-order valence-corrected chi connectivity index (χ4v) is 3.36. The van der Waals surface area contributed by atoms with E-state index in [0.717, 1.165) is 26.2 Å². The van der Waals surface area contributed by atoms with Gasteiger partial charge in [0.15, 0.2) is 0 Å². The fraction of sp³-hybridized carbons (Fsp3) is 0.667. The zero-order valence-electron chi connectivity index (χ0n) is 14.0. The molecule has 0 aromatic heterocycles. The third-order valence-corrected chi connectivity index (χ3v) is 4.82. The second kappa shape index (κ2) is 7.39. The van der Waals surface area contributed by atoms with E-state index >= 15 is 0 Å². The molecule has 0 saturated carbocycles. The lowest BCUT2D eigenvalue weighted by atomic mass is 9.97. The zero-order valence-corrected chi connectivity index (χ0v) is 14.0. The lowest BCUT2D eigenvalue weighted by Gasteiger charge is -2.43. The van der Waals surface area contributed by atoms with E-state index in [-0.39, 0.29) is 0 Å². The molecule has 1 saturated heterocycles. The highest BCUT2D eigenvalue weighted by atomic mass is 15.3. The maximum Gasteiger partial charge on any atom is 0.0474 e. The molecule has 1 fully saturated rings. The Morgan fingerprint density at radius 3 is 2.24 bits per heavy atom. The SMILES string of the molecule is CCN1CCN(C(CN)c2ccc(C(C)C)cc2)C(C)C1. The van der Waals surface area contributed by atoms with Gasteiger partial charge in [-0.3, -0.25) is 4.90 Å². The molecule has 118 valence electrons. The number of nitrogens with two attached hydrogens (primary N) is 1. The van der Waals surface area contributed by atoms with Crippen molar-refractivity contribution in [3.63, 3.8) is 0 Å². The van der Waals surface area contributed by atoms with E-state index in [1.54, 1.807) is 0 Å². The van der Waals surface area contributed by atoms with Gasteiger partial charge in [0.1, 0.15) is 0 Å². The van der Waals surface area contributed by atoms with Crippen LogP contribution >= 0.6 is 0 Å². The molecule has 21 heavy (non-hydrogen) atoms. The first kappa shape index (κ1) is 16.5. The summed E-state index contributed by atoms with van der Waals surface area (Å²) in [6.07, 6.45) is 0. The molecule has 2 N–H and O–H groups in total. The third kappa shape index (κ3) is 3.85. The average molecular weight is 289 g/mol. The Bertz CT molecular complexity index is 427. The van der Waals surface area contributed by atoms with Crippen LogP contribution < -0.4 is 5.73 Å². The number of rotatable bonds is 5. The molecule has 0 amide bonds. The van der Waals surface area contributed by atoms with Crippen molar-refractivity contribution in [1.82, 2.24) is 9.80 Å². The van der Waals surface area contributed by atoms with Crippen molar-refractivity contribution in [3.8, 4) is 0 Å². The van der Waals surface area contributed by atoms with Crippen LogP contribution in [0.2, 0.25) is 0 Å². The van der Waals surface area contributed by atoms with Crippen molar-refractivity contribution in [2.75, 3.05) is 32.7 Å². The summed E-state index contributed by atoms with van der Waals surface area (Å²) in [5, 5.41) is 0. The van der Waals surface area contributed by atoms with Gasteiger partial charge < -0.3 is 10.6 Å². The molecule has 2 rings (SSSR count). The van der Waals surface area contributed by atoms with Crippen LogP contribution in [0, 0.1) is 0 Å². The first-order valence-electron chi connectivity index (χ1n) is 8.34. The molecule has 1 aromatic carbocycles. The second-order valence-corrected chi connectivity index (χ2v) is 6.55. The summed E-state index contributed by atoms with van der Waals surface area (Å²) in [4.78, 5) is 5.10. The molecule has 3 nitrogen and oxygen atoms in total. The molecule has 0 spiro atoms. The minimum absolute atomic E-state index is 0.347. The first-order chi connectivity index (χ1) is 10.1. The Morgan fingerprint density at radius 1 is 1.14 bits per heavy atom. The number of nitrogens with zero attached hydrogens (tertiary/aromatic N) is 2. The van der Waals surface area contributed by atoms with Crippen molar-refractivity contribution in [2.45, 2.75) is 45.7 Å². The van der Waals surface area contributed by atoms with Crippen molar-refractivity contribution in [2.24, 2.45) is 5.73 Å². The maximum absolute atomic E-state index is 6.11. The van der Waals surface area contributed by atoms with E-state index in [1.165, 1.54) is 11.1 Å². The van der Waals surface area contributed by atoms with E-state index in [4.69, 9.17) is 5.73 Å². The summed E-state index contributed by atoms with van der Waals surface area (Å²) in [5.41, 5.74) is 8.87. The van der Waals surface area contributed by atoms with Crippen molar-refractivity contribution in [3.05, 3.63) is 35.4 Å². The van der Waals surface area contributed by atoms with E-state index in [9.17, 15) is 0 Å². The Balaban J connectivity index is 2.12. The van der Waals surface area contributed by atoms with Crippen LogP contribution in [0.3, 0.4) is 0 Å². The van der Waals surface area contributed by atoms with Crippen LogP contribution in [0.4, 0.5) is 0 Å². The lowest BCUT2D eigenvalue weighted by Crippen LogP contribution is -2.53. The van der Waals surface area contributed by atoms with Crippen molar-refractivity contribution < 1.29 is 0 Å². The third-order valence-electron chi connectivity index (χ3n) is 4.82. The standard InChI is InChI=1S/C18H31N3/c1-5-20-10-11-21(15(4)13-20)18(12-19)17-8-6-16(7-9-17)14(2)3/h6-9,14-15,18H,5,10-13,19H2,1-4H3. The average Bonchev–Trinajstić information content (AvgIpc) is 2.50. The molecule has 1 aromatic rings. The topological polar surface area (TPSA) is 32.5 Å². The van der Waals surface area contributed by atoms with E-state index in [2.05, 4.69) is 61.8 Å². The predicted molar refractivity (Wildman–Crippen MR) is 90.6 cm³/mol. The molecule has 0 aliphatic carbocycles. The van der Waals surface area contributed by atoms with E-state index in [1.807, 2.05) is 0 Å². The number of piperazine rings is 1. The number of hydrogen-bond donors (Lipinski definition) is 1.